The van der Waals surface area contributed by atoms with Crippen LogP contribution in [-0.4, -0.2) is 25.8 Å². The summed E-state index contributed by atoms with van der Waals surface area (Å²) in [6.45, 7) is 5.45. The zero-order chi connectivity index (χ0) is 7.03. The van der Waals surface area contributed by atoms with Gasteiger partial charge in [0.15, 0.2) is 0 Å². The van der Waals surface area contributed by atoms with Crippen LogP contribution >= 0.6 is 0 Å². The molecule has 58 valence electrons. The van der Waals surface area contributed by atoms with E-state index in [1.807, 2.05) is 0 Å². The molecule has 10 heavy (non-hydrogen) atoms. The highest BCUT2D eigenvalue weighted by molar-refractivity contribution is 4.94. The molecule has 2 aliphatic rings. The fraction of sp³-hybridized carbons (Fsp3) is 1.00. The number of rotatable bonds is 1. The normalized spacial score (nSPS) is 37.5. The molecule has 0 radical (unpaired) electrons. The molecule has 0 saturated carbocycles. The monoisotopic (exact) mass is 141 g/mol. The third kappa shape index (κ3) is 0.867. The number of nitrogens with one attached hydrogen (secondary N) is 1. The molecule has 1 N–H and O–H groups in total. The quantitative estimate of drug-likeness (QED) is 0.582. The van der Waals surface area contributed by atoms with Crippen LogP contribution in [-0.2, 0) is 4.74 Å². The molecular weight excluding hydrogens is 126 g/mol. The van der Waals surface area contributed by atoms with Gasteiger partial charge in [-0.1, -0.05) is 6.92 Å². The van der Waals surface area contributed by atoms with Crippen LogP contribution in [0.5, 0.6) is 0 Å². The van der Waals surface area contributed by atoms with Gasteiger partial charge in [-0.25, -0.2) is 0 Å². The molecule has 2 fully saturated rings. The van der Waals surface area contributed by atoms with E-state index in [9.17, 15) is 0 Å². The standard InChI is InChI=1S/C8H15NO/c1-8(5-10-6-8)7-3-2-4-9-7/h7,9H,2-6H2,1H3. The summed E-state index contributed by atoms with van der Waals surface area (Å²) in [7, 11) is 0. The van der Waals surface area contributed by atoms with Gasteiger partial charge in [0.25, 0.3) is 0 Å². The molecule has 1 atom stereocenters. The minimum Gasteiger partial charge on any atom is -0.380 e. The van der Waals surface area contributed by atoms with Gasteiger partial charge in [0.1, 0.15) is 0 Å². The highest BCUT2D eigenvalue weighted by Gasteiger charge is 2.41. The highest BCUT2D eigenvalue weighted by atomic mass is 16.5. The molecule has 0 aromatic rings. The molecule has 2 heteroatoms. The maximum absolute atomic E-state index is 5.21. The maximum atomic E-state index is 5.21. The molecule has 2 saturated heterocycles. The summed E-state index contributed by atoms with van der Waals surface area (Å²) in [5, 5.41) is 3.52. The third-order valence-corrected chi connectivity index (χ3v) is 2.77. The fourth-order valence-corrected chi connectivity index (χ4v) is 1.90. The van der Waals surface area contributed by atoms with Gasteiger partial charge in [0.05, 0.1) is 13.2 Å². The lowest BCUT2D eigenvalue weighted by molar-refractivity contribution is -0.118. The first kappa shape index (κ1) is 6.62. The molecular formula is C8H15NO. The van der Waals surface area contributed by atoms with Gasteiger partial charge in [-0.05, 0) is 19.4 Å². The molecule has 1 unspecified atom stereocenters. The third-order valence-electron chi connectivity index (χ3n) is 2.77. The van der Waals surface area contributed by atoms with Gasteiger partial charge in [0.2, 0.25) is 0 Å². The zero-order valence-electron chi connectivity index (χ0n) is 6.52. The van der Waals surface area contributed by atoms with Crippen molar-refractivity contribution in [2.75, 3.05) is 19.8 Å². The summed E-state index contributed by atoms with van der Waals surface area (Å²) >= 11 is 0. The van der Waals surface area contributed by atoms with Crippen LogP contribution in [0.2, 0.25) is 0 Å². The molecule has 2 heterocycles. The maximum Gasteiger partial charge on any atom is 0.0557 e. The van der Waals surface area contributed by atoms with Gasteiger partial charge < -0.3 is 10.1 Å². The van der Waals surface area contributed by atoms with Crippen molar-refractivity contribution in [3.8, 4) is 0 Å². The van der Waals surface area contributed by atoms with Crippen molar-refractivity contribution in [3.05, 3.63) is 0 Å². The molecule has 0 aliphatic carbocycles. The Bertz CT molecular complexity index is 125. The van der Waals surface area contributed by atoms with Gasteiger partial charge in [-0.15, -0.1) is 0 Å². The van der Waals surface area contributed by atoms with Gasteiger partial charge in [-0.2, -0.15) is 0 Å². The second-order valence-corrected chi connectivity index (χ2v) is 3.80. The smallest absolute Gasteiger partial charge is 0.0557 e. The second-order valence-electron chi connectivity index (χ2n) is 3.80. The Morgan fingerprint density at radius 1 is 1.50 bits per heavy atom. The van der Waals surface area contributed by atoms with Gasteiger partial charge in [-0.3, -0.25) is 0 Å². The number of hydrogen-bond donors (Lipinski definition) is 1. The first-order chi connectivity index (χ1) is 4.81. The van der Waals surface area contributed by atoms with Crippen molar-refractivity contribution in [2.24, 2.45) is 5.41 Å². The molecule has 2 rings (SSSR count). The van der Waals surface area contributed by atoms with Crippen molar-refractivity contribution >= 4 is 0 Å². The van der Waals surface area contributed by atoms with E-state index in [1.165, 1.54) is 19.4 Å². The summed E-state index contributed by atoms with van der Waals surface area (Å²) in [5.41, 5.74) is 0.469. The molecule has 0 amide bonds. The minimum atomic E-state index is 0.469. The SMILES string of the molecule is CC1(C2CCCN2)COC1. The molecule has 0 aromatic heterocycles. The average Bonchev–Trinajstić information content (AvgIpc) is 2.33. The second kappa shape index (κ2) is 2.21. The fourth-order valence-electron chi connectivity index (χ4n) is 1.90. The van der Waals surface area contributed by atoms with E-state index in [4.69, 9.17) is 4.74 Å². The summed E-state index contributed by atoms with van der Waals surface area (Å²) in [6, 6.07) is 0.737. The lowest BCUT2D eigenvalue weighted by Crippen LogP contribution is -2.52. The van der Waals surface area contributed by atoms with E-state index in [-0.39, 0.29) is 0 Å². The molecule has 0 bridgehead atoms. The first-order valence-corrected chi connectivity index (χ1v) is 4.12. The Hall–Kier alpha value is -0.0800. The van der Waals surface area contributed by atoms with E-state index in [2.05, 4.69) is 12.2 Å². The Morgan fingerprint density at radius 3 is 2.70 bits per heavy atom. The number of ether oxygens (including phenoxy) is 1. The largest absolute Gasteiger partial charge is 0.380 e. The lowest BCUT2D eigenvalue weighted by atomic mass is 9.80. The van der Waals surface area contributed by atoms with Crippen molar-refractivity contribution in [3.63, 3.8) is 0 Å². The van der Waals surface area contributed by atoms with E-state index in [0.717, 1.165) is 19.3 Å². The molecule has 2 nitrogen and oxygen atoms in total. The average molecular weight is 141 g/mol. The van der Waals surface area contributed by atoms with Crippen LogP contribution in [0.4, 0.5) is 0 Å². The first-order valence-electron chi connectivity index (χ1n) is 4.12. The van der Waals surface area contributed by atoms with E-state index >= 15 is 0 Å². The summed E-state index contributed by atoms with van der Waals surface area (Å²) in [4.78, 5) is 0. The predicted molar refractivity (Wildman–Crippen MR) is 40.0 cm³/mol. The number of hydrogen-bond acceptors (Lipinski definition) is 2. The minimum absolute atomic E-state index is 0.469. The van der Waals surface area contributed by atoms with E-state index in [1.54, 1.807) is 0 Å². The van der Waals surface area contributed by atoms with Gasteiger partial charge in [0, 0.05) is 11.5 Å². The molecule has 0 spiro atoms. The van der Waals surface area contributed by atoms with Crippen LogP contribution < -0.4 is 5.32 Å². The van der Waals surface area contributed by atoms with Crippen LogP contribution in [0.1, 0.15) is 19.8 Å². The Morgan fingerprint density at radius 2 is 2.30 bits per heavy atom. The Kier molecular flexibility index (Phi) is 1.46. The van der Waals surface area contributed by atoms with E-state index in [0.29, 0.717) is 5.41 Å². The lowest BCUT2D eigenvalue weighted by Gasteiger charge is -2.43. The summed E-state index contributed by atoms with van der Waals surface area (Å²) in [5.74, 6) is 0. The van der Waals surface area contributed by atoms with E-state index < -0.39 is 0 Å². The predicted octanol–water partition coefficient (Wildman–Crippen LogP) is 0.775. The van der Waals surface area contributed by atoms with Crippen LogP contribution in [0.3, 0.4) is 0 Å². The van der Waals surface area contributed by atoms with Gasteiger partial charge >= 0.3 is 0 Å². The van der Waals surface area contributed by atoms with Crippen LogP contribution in [0.15, 0.2) is 0 Å². The Labute approximate surface area is 61.9 Å². The van der Waals surface area contributed by atoms with Crippen molar-refractivity contribution in [1.29, 1.82) is 0 Å². The Balaban J connectivity index is 1.96. The van der Waals surface area contributed by atoms with Crippen LogP contribution in [0.25, 0.3) is 0 Å². The van der Waals surface area contributed by atoms with Crippen molar-refractivity contribution in [1.82, 2.24) is 5.32 Å². The molecule has 0 aromatic carbocycles. The zero-order valence-corrected chi connectivity index (χ0v) is 6.52. The summed E-state index contributed by atoms with van der Waals surface area (Å²) < 4.78 is 5.21. The van der Waals surface area contributed by atoms with Crippen LogP contribution in [0, 0.1) is 5.41 Å². The van der Waals surface area contributed by atoms with Crippen molar-refractivity contribution in [2.45, 2.75) is 25.8 Å². The van der Waals surface area contributed by atoms with Crippen molar-refractivity contribution < 1.29 is 4.74 Å². The molecule has 2 aliphatic heterocycles. The highest BCUT2D eigenvalue weighted by Crippen LogP contribution is 2.34. The topological polar surface area (TPSA) is 21.3 Å². The summed E-state index contributed by atoms with van der Waals surface area (Å²) in [6.07, 6.45) is 2.69.